The Morgan fingerprint density at radius 2 is 1.05 bits per heavy atom. The van der Waals surface area contributed by atoms with Gasteiger partial charge in [-0.2, -0.15) is 8.42 Å². The van der Waals surface area contributed by atoms with Crippen molar-refractivity contribution in [1.29, 1.82) is 0 Å². The molecule has 0 aromatic rings. The molecule has 2 unspecified atom stereocenters. The lowest BCUT2D eigenvalue weighted by Gasteiger charge is -2.23. The first kappa shape index (κ1) is 40.1. The SMILES string of the molecule is CCCC/C=C\CCCCCCCC(=O)NC(CS(=O)(=O)O)C(O)CCCCCCCCCCCCCCCCC. The second-order valence-corrected chi connectivity index (χ2v) is 13.6. The topological polar surface area (TPSA) is 104 Å². The molecule has 0 fully saturated rings. The van der Waals surface area contributed by atoms with Crippen molar-refractivity contribution in [3.8, 4) is 0 Å². The first-order valence-corrected chi connectivity index (χ1v) is 19.0. The number of aliphatic hydroxyl groups is 1. The molecule has 7 heteroatoms. The van der Waals surface area contributed by atoms with Crippen LogP contribution < -0.4 is 5.32 Å². The van der Waals surface area contributed by atoms with Gasteiger partial charge in [0.2, 0.25) is 5.91 Å². The Labute approximate surface area is 254 Å². The second-order valence-electron chi connectivity index (χ2n) is 12.1. The molecule has 0 bridgehead atoms. The maximum Gasteiger partial charge on any atom is 0.266 e. The molecule has 41 heavy (non-hydrogen) atoms. The molecule has 0 radical (unpaired) electrons. The van der Waals surface area contributed by atoms with Gasteiger partial charge >= 0.3 is 0 Å². The largest absolute Gasteiger partial charge is 0.391 e. The van der Waals surface area contributed by atoms with E-state index in [2.05, 4.69) is 31.3 Å². The van der Waals surface area contributed by atoms with Gasteiger partial charge in [0.25, 0.3) is 10.1 Å². The van der Waals surface area contributed by atoms with Crippen LogP contribution in [0.25, 0.3) is 0 Å². The summed E-state index contributed by atoms with van der Waals surface area (Å²) in [4.78, 5) is 12.4. The third-order valence-electron chi connectivity index (χ3n) is 7.97. The van der Waals surface area contributed by atoms with Crippen LogP contribution in [0.1, 0.15) is 181 Å². The van der Waals surface area contributed by atoms with Crippen molar-refractivity contribution in [2.45, 2.75) is 193 Å². The van der Waals surface area contributed by atoms with Crippen LogP contribution in [0.5, 0.6) is 0 Å². The molecule has 0 aromatic carbocycles. The van der Waals surface area contributed by atoms with Crippen molar-refractivity contribution < 1.29 is 22.9 Å². The lowest BCUT2D eigenvalue weighted by molar-refractivity contribution is -0.122. The van der Waals surface area contributed by atoms with E-state index < -0.39 is 28.0 Å². The van der Waals surface area contributed by atoms with Gasteiger partial charge < -0.3 is 10.4 Å². The summed E-state index contributed by atoms with van der Waals surface area (Å²) in [5.74, 6) is -0.905. The molecule has 244 valence electrons. The van der Waals surface area contributed by atoms with Gasteiger partial charge in [-0.3, -0.25) is 9.35 Å². The van der Waals surface area contributed by atoms with Gasteiger partial charge in [0.15, 0.2) is 0 Å². The van der Waals surface area contributed by atoms with Crippen LogP contribution in [0.2, 0.25) is 0 Å². The molecule has 3 N–H and O–H groups in total. The third kappa shape index (κ3) is 30.3. The Balaban J connectivity index is 3.94. The fourth-order valence-corrected chi connectivity index (χ4v) is 6.08. The summed E-state index contributed by atoms with van der Waals surface area (Å²) in [5, 5.41) is 13.3. The normalized spacial score (nSPS) is 13.6. The smallest absolute Gasteiger partial charge is 0.266 e. The average Bonchev–Trinajstić information content (AvgIpc) is 2.92. The second kappa shape index (κ2) is 29.2. The van der Waals surface area contributed by atoms with E-state index >= 15 is 0 Å². The zero-order chi connectivity index (χ0) is 30.4. The predicted molar refractivity (Wildman–Crippen MR) is 175 cm³/mol. The number of allylic oxidation sites excluding steroid dienone is 2. The number of hydrogen-bond acceptors (Lipinski definition) is 4. The summed E-state index contributed by atoms with van der Waals surface area (Å²) in [5.41, 5.74) is 0. The molecule has 6 nitrogen and oxygen atoms in total. The standard InChI is InChI=1S/C34H67NO5S/c1-3-5-7-9-11-13-15-16-17-18-20-21-23-25-27-29-33(36)32(31-41(38,39)40)35-34(37)30-28-26-24-22-19-14-12-10-8-6-4-2/h10,12,32-33,36H,3-9,11,13-31H2,1-2H3,(H,35,37)(H,38,39,40)/b12-10-. The average molecular weight is 602 g/mol. The summed E-state index contributed by atoms with van der Waals surface area (Å²) in [6, 6.07) is -0.969. The minimum atomic E-state index is -4.30. The highest BCUT2D eigenvalue weighted by Gasteiger charge is 2.26. The molecular weight excluding hydrogens is 534 g/mol. The molecule has 0 saturated heterocycles. The zero-order valence-electron chi connectivity index (χ0n) is 26.9. The van der Waals surface area contributed by atoms with E-state index in [0.29, 0.717) is 12.8 Å². The van der Waals surface area contributed by atoms with Crippen LogP contribution in [0.15, 0.2) is 12.2 Å². The minimum absolute atomic E-state index is 0.256. The Hall–Kier alpha value is -0.920. The van der Waals surface area contributed by atoms with Gasteiger partial charge in [0.05, 0.1) is 17.9 Å². The van der Waals surface area contributed by atoms with Gasteiger partial charge in [-0.15, -0.1) is 0 Å². The quantitative estimate of drug-likeness (QED) is 0.0417. The molecule has 0 saturated carbocycles. The molecule has 0 aromatic heterocycles. The summed E-state index contributed by atoms with van der Waals surface area (Å²) >= 11 is 0. The predicted octanol–water partition coefficient (Wildman–Crippen LogP) is 9.46. The fourth-order valence-electron chi connectivity index (χ4n) is 5.32. The van der Waals surface area contributed by atoms with E-state index in [1.165, 1.54) is 96.3 Å². The molecule has 2 atom stereocenters. The van der Waals surface area contributed by atoms with E-state index in [9.17, 15) is 22.9 Å². The number of carbonyl (C=O) groups is 1. The molecule has 1 amide bonds. The van der Waals surface area contributed by atoms with Crippen molar-refractivity contribution in [2.75, 3.05) is 5.75 Å². The molecule has 0 rings (SSSR count). The lowest BCUT2D eigenvalue weighted by atomic mass is 10.0. The van der Waals surface area contributed by atoms with Gasteiger partial charge in [-0.05, 0) is 32.1 Å². The number of nitrogens with one attached hydrogen (secondary N) is 1. The van der Waals surface area contributed by atoms with Crippen LogP contribution >= 0.6 is 0 Å². The first-order valence-electron chi connectivity index (χ1n) is 17.4. The van der Waals surface area contributed by atoms with Crippen LogP contribution in [-0.2, 0) is 14.9 Å². The monoisotopic (exact) mass is 601 g/mol. The van der Waals surface area contributed by atoms with Gasteiger partial charge in [-0.25, -0.2) is 0 Å². The van der Waals surface area contributed by atoms with Gasteiger partial charge in [0.1, 0.15) is 0 Å². The van der Waals surface area contributed by atoms with Gasteiger partial charge in [-0.1, -0.05) is 154 Å². The Kier molecular flexibility index (Phi) is 28.5. The molecule has 0 aliphatic rings. The van der Waals surface area contributed by atoms with Crippen molar-refractivity contribution in [1.82, 2.24) is 5.32 Å². The van der Waals surface area contributed by atoms with Crippen LogP contribution in [0.3, 0.4) is 0 Å². The zero-order valence-corrected chi connectivity index (χ0v) is 27.7. The number of carbonyl (C=O) groups excluding carboxylic acids is 1. The number of aliphatic hydroxyl groups excluding tert-OH is 1. The van der Waals surface area contributed by atoms with Gasteiger partial charge in [0, 0.05) is 6.42 Å². The summed E-state index contributed by atoms with van der Waals surface area (Å²) in [7, 11) is -4.30. The van der Waals surface area contributed by atoms with Crippen molar-refractivity contribution in [2.24, 2.45) is 0 Å². The van der Waals surface area contributed by atoms with E-state index in [1.807, 2.05) is 0 Å². The maximum atomic E-state index is 12.4. The number of unbranched alkanes of at least 4 members (excludes halogenated alkanes) is 21. The third-order valence-corrected chi connectivity index (χ3v) is 8.75. The van der Waals surface area contributed by atoms with E-state index in [1.54, 1.807) is 0 Å². The molecule has 0 heterocycles. The number of rotatable bonds is 31. The van der Waals surface area contributed by atoms with E-state index in [4.69, 9.17) is 0 Å². The van der Waals surface area contributed by atoms with E-state index in [0.717, 1.165) is 57.8 Å². The maximum absolute atomic E-state index is 12.4. The molecule has 0 aliphatic carbocycles. The molecule has 0 spiro atoms. The summed E-state index contributed by atoms with van der Waals surface area (Å²) < 4.78 is 32.3. The Morgan fingerprint density at radius 3 is 1.54 bits per heavy atom. The van der Waals surface area contributed by atoms with Crippen LogP contribution in [0, 0.1) is 0 Å². The Bertz CT molecular complexity index is 710. The first-order chi connectivity index (χ1) is 19.8. The summed E-state index contributed by atoms with van der Waals surface area (Å²) in [6.07, 6.45) is 33.0. The Morgan fingerprint density at radius 1 is 0.634 bits per heavy atom. The van der Waals surface area contributed by atoms with Crippen LogP contribution in [0.4, 0.5) is 0 Å². The summed E-state index contributed by atoms with van der Waals surface area (Å²) in [6.45, 7) is 4.46. The van der Waals surface area contributed by atoms with Crippen molar-refractivity contribution >= 4 is 16.0 Å². The highest BCUT2D eigenvalue weighted by Crippen LogP contribution is 2.15. The minimum Gasteiger partial charge on any atom is -0.391 e. The highest BCUT2D eigenvalue weighted by atomic mass is 32.2. The van der Waals surface area contributed by atoms with Crippen molar-refractivity contribution in [3.05, 3.63) is 12.2 Å². The number of amides is 1. The molecular formula is C34H67NO5S. The van der Waals surface area contributed by atoms with E-state index in [-0.39, 0.29) is 5.91 Å². The number of hydrogen-bond donors (Lipinski definition) is 3. The lowest BCUT2D eigenvalue weighted by Crippen LogP contribution is -2.47. The van der Waals surface area contributed by atoms with Crippen molar-refractivity contribution in [3.63, 3.8) is 0 Å². The molecule has 0 aliphatic heterocycles. The van der Waals surface area contributed by atoms with Crippen LogP contribution in [-0.4, -0.2) is 41.9 Å². The highest BCUT2D eigenvalue weighted by molar-refractivity contribution is 7.85. The fraction of sp³-hybridized carbons (Fsp3) is 0.912.